The summed E-state index contributed by atoms with van der Waals surface area (Å²) in [4.78, 5) is 70.8. The van der Waals surface area contributed by atoms with E-state index < -0.39 is 87.4 Å². The molecule has 1 aromatic carbocycles. The maximum absolute atomic E-state index is 14.4. The average molecular weight is 748 g/mol. The lowest BCUT2D eigenvalue weighted by Gasteiger charge is -2.30. The normalized spacial score (nSPS) is 28.6. The molecule has 0 bridgehead atoms. The van der Waals surface area contributed by atoms with Crippen LogP contribution in [-0.2, 0) is 51.4 Å². The summed E-state index contributed by atoms with van der Waals surface area (Å²) in [5.41, 5.74) is -1.47. The minimum atomic E-state index is -4.45. The molecule has 52 heavy (non-hydrogen) atoms. The lowest BCUT2D eigenvalue weighted by Crippen LogP contribution is -2.58. The van der Waals surface area contributed by atoms with Gasteiger partial charge < -0.3 is 25.0 Å². The van der Waals surface area contributed by atoms with Crippen LogP contribution in [0, 0.1) is 11.7 Å². The number of benzene rings is 1. The van der Waals surface area contributed by atoms with Gasteiger partial charge in [0, 0.05) is 24.4 Å². The highest BCUT2D eigenvalue weighted by Crippen LogP contribution is 2.46. The van der Waals surface area contributed by atoms with Gasteiger partial charge in [-0.1, -0.05) is 37.1 Å². The summed E-state index contributed by atoms with van der Waals surface area (Å²) in [6.45, 7) is 4.95. The van der Waals surface area contributed by atoms with Crippen molar-refractivity contribution in [2.75, 3.05) is 6.54 Å². The molecule has 284 valence electrons. The minimum absolute atomic E-state index is 0.0120. The van der Waals surface area contributed by atoms with Gasteiger partial charge in [0.15, 0.2) is 0 Å². The van der Waals surface area contributed by atoms with Gasteiger partial charge in [-0.3, -0.25) is 23.5 Å². The van der Waals surface area contributed by atoms with Gasteiger partial charge in [-0.2, -0.15) is 8.42 Å². The second-order valence-electron chi connectivity index (χ2n) is 15.2. The monoisotopic (exact) mass is 747 g/mol. The summed E-state index contributed by atoms with van der Waals surface area (Å²) in [5.74, 6) is -3.32. The van der Waals surface area contributed by atoms with Crippen LogP contribution in [0.5, 0.6) is 0 Å². The number of nitrogens with zero attached hydrogens (tertiary/aromatic N) is 2. The largest absolute Gasteiger partial charge is 0.444 e. The molecule has 15 nitrogen and oxygen atoms in total. The third kappa shape index (κ3) is 8.85. The number of halogens is 1. The molecule has 5 atom stereocenters. The zero-order chi connectivity index (χ0) is 37.4. The van der Waals surface area contributed by atoms with Crippen LogP contribution >= 0.6 is 0 Å². The van der Waals surface area contributed by atoms with E-state index >= 15 is 0 Å². The van der Waals surface area contributed by atoms with Gasteiger partial charge in [-0.25, -0.2) is 18.7 Å². The van der Waals surface area contributed by atoms with Crippen LogP contribution in [0.2, 0.25) is 0 Å². The van der Waals surface area contributed by atoms with E-state index in [1.165, 1.54) is 15.9 Å². The van der Waals surface area contributed by atoms with Gasteiger partial charge in [0.25, 0.3) is 5.91 Å². The van der Waals surface area contributed by atoms with Crippen LogP contribution in [-0.4, -0.2) is 90.1 Å². The topological polar surface area (TPSA) is 190 Å². The second kappa shape index (κ2) is 14.6. The Morgan fingerprint density at radius 1 is 1.04 bits per heavy atom. The molecule has 6 rings (SSSR count). The molecule has 2 saturated carbocycles. The van der Waals surface area contributed by atoms with Crippen molar-refractivity contribution in [3.63, 3.8) is 0 Å². The van der Waals surface area contributed by atoms with E-state index in [9.17, 15) is 36.8 Å². The van der Waals surface area contributed by atoms with Crippen LogP contribution in [0.1, 0.15) is 89.7 Å². The average Bonchev–Trinajstić information content (AvgIpc) is 3.88. The van der Waals surface area contributed by atoms with Crippen molar-refractivity contribution in [3.8, 4) is 0 Å². The number of rotatable bonds is 6. The minimum Gasteiger partial charge on any atom is -0.444 e. The van der Waals surface area contributed by atoms with Crippen molar-refractivity contribution in [1.29, 1.82) is 0 Å². The fourth-order valence-electron chi connectivity index (χ4n) is 6.91. The molecule has 5 aliphatic rings. The van der Waals surface area contributed by atoms with Gasteiger partial charge >= 0.3 is 22.5 Å². The van der Waals surface area contributed by atoms with Crippen LogP contribution < -0.4 is 15.4 Å². The first-order valence-electron chi connectivity index (χ1n) is 17.8. The fraction of sp³-hybridized carbons (Fsp3) is 0.629. The van der Waals surface area contributed by atoms with Crippen molar-refractivity contribution in [2.24, 2.45) is 5.92 Å². The van der Waals surface area contributed by atoms with Crippen LogP contribution in [0.15, 0.2) is 30.4 Å². The third-order valence-corrected chi connectivity index (χ3v) is 10.8. The Morgan fingerprint density at radius 2 is 1.81 bits per heavy atom. The lowest BCUT2D eigenvalue weighted by molar-refractivity contribution is -0.141. The Morgan fingerprint density at radius 3 is 2.52 bits per heavy atom. The molecule has 1 saturated heterocycles. The predicted molar refractivity (Wildman–Crippen MR) is 182 cm³/mol. The molecular weight excluding hydrogens is 701 g/mol. The van der Waals surface area contributed by atoms with E-state index in [-0.39, 0.29) is 38.9 Å². The Balaban J connectivity index is 1.24. The van der Waals surface area contributed by atoms with Crippen molar-refractivity contribution in [1.82, 2.24) is 25.2 Å². The Labute approximate surface area is 302 Å². The number of hydrogen-bond acceptors (Lipinski definition) is 10. The molecule has 3 N–H and O–H groups in total. The van der Waals surface area contributed by atoms with Gasteiger partial charge in [0.05, 0.1) is 19.2 Å². The molecular formula is C35H46FN5O10S. The zero-order valence-corrected chi connectivity index (χ0v) is 30.3. The molecule has 1 aromatic rings. The van der Waals surface area contributed by atoms with E-state index in [4.69, 9.17) is 13.7 Å². The van der Waals surface area contributed by atoms with E-state index in [1.54, 1.807) is 39.0 Å². The third-order valence-electron chi connectivity index (χ3n) is 9.79. The Kier molecular flexibility index (Phi) is 10.6. The standard InChI is InChI=1S/C35H46FN5O10S/c1-34(2,3)50-32(45)37-27-13-8-6-4-5-7-11-22-17-35(22,31(44)39-52(47,48)51-23-14-15-23)38-29(42)28-16-24(19-41(28)30(27)43)49-33(46)40-18-21-10-9-12-26(36)25(21)20-40/h7,9-12,22-24,27-28H,4-6,8,13-20H2,1-3H3,(H,37,45)(H,38,42)(H,39,44)/b11-7-/t22-,24-,27+,28+,35-/m1/s1. The van der Waals surface area contributed by atoms with Crippen molar-refractivity contribution in [2.45, 2.75) is 127 Å². The molecule has 0 spiro atoms. The van der Waals surface area contributed by atoms with E-state index in [0.717, 1.165) is 6.42 Å². The number of amides is 5. The Hall–Kier alpha value is -4.25. The maximum Gasteiger partial charge on any atom is 0.410 e. The molecule has 3 fully saturated rings. The number of allylic oxidation sites excluding steroid dienone is 1. The number of carbonyl (C=O) groups excluding carboxylic acids is 5. The highest BCUT2D eigenvalue weighted by Gasteiger charge is 2.62. The summed E-state index contributed by atoms with van der Waals surface area (Å²) in [5, 5.41) is 5.39. The highest BCUT2D eigenvalue weighted by atomic mass is 32.2. The van der Waals surface area contributed by atoms with Crippen LogP contribution in [0.25, 0.3) is 0 Å². The van der Waals surface area contributed by atoms with Gasteiger partial charge in [-0.05, 0) is 70.9 Å². The number of hydrogen-bond donors (Lipinski definition) is 3. The predicted octanol–water partition coefficient (Wildman–Crippen LogP) is 3.08. The smallest absolute Gasteiger partial charge is 0.410 e. The first kappa shape index (κ1) is 37.5. The van der Waals surface area contributed by atoms with E-state index in [0.29, 0.717) is 43.2 Å². The van der Waals surface area contributed by atoms with Gasteiger partial charge in [-0.15, -0.1) is 0 Å². The lowest BCUT2D eigenvalue weighted by atomic mass is 10.0. The number of carbonyl (C=O) groups is 5. The van der Waals surface area contributed by atoms with Crippen LogP contribution in [0.4, 0.5) is 14.0 Å². The quantitative estimate of drug-likeness (QED) is 0.365. The van der Waals surface area contributed by atoms with Crippen molar-refractivity contribution in [3.05, 3.63) is 47.3 Å². The summed E-state index contributed by atoms with van der Waals surface area (Å²) >= 11 is 0. The first-order valence-corrected chi connectivity index (χ1v) is 19.2. The Bertz CT molecular complexity index is 1740. The number of nitrogens with one attached hydrogen (secondary N) is 3. The summed E-state index contributed by atoms with van der Waals surface area (Å²) in [6, 6.07) is 2.23. The number of alkyl carbamates (subject to hydrolysis) is 1. The summed E-state index contributed by atoms with van der Waals surface area (Å²) in [7, 11) is -4.45. The number of fused-ring (bicyclic) bond motifs is 3. The highest BCUT2D eigenvalue weighted by molar-refractivity contribution is 7.85. The molecule has 0 aromatic heterocycles. The molecule has 17 heteroatoms. The zero-order valence-electron chi connectivity index (χ0n) is 29.5. The molecule has 3 heterocycles. The summed E-state index contributed by atoms with van der Waals surface area (Å²) in [6.07, 6.45) is 4.52. The van der Waals surface area contributed by atoms with Crippen molar-refractivity contribution >= 4 is 40.2 Å². The molecule has 2 aliphatic carbocycles. The molecule has 5 amide bonds. The summed E-state index contributed by atoms with van der Waals surface area (Å²) < 4.78 is 57.8. The second-order valence-corrected chi connectivity index (χ2v) is 16.5. The molecule has 0 unspecified atom stereocenters. The fourth-order valence-corrected chi connectivity index (χ4v) is 7.92. The van der Waals surface area contributed by atoms with E-state index in [2.05, 4.69) is 10.6 Å². The SMILES string of the molecule is CC(C)(C)OC(=O)N[C@H]1CCCCC/C=C\[C@@H]2C[C@@]2(C(=O)NS(=O)(=O)OC2CC2)NC(=O)[C@@H]2C[C@@H](OC(=O)N3Cc4cccc(F)c4C3)CN2C1=O. The maximum atomic E-state index is 14.4. The van der Waals surface area contributed by atoms with Crippen LogP contribution in [0.3, 0.4) is 0 Å². The first-order chi connectivity index (χ1) is 24.5. The number of ether oxygens (including phenoxy) is 2. The molecule has 0 radical (unpaired) electrons. The van der Waals surface area contributed by atoms with Crippen molar-refractivity contribution < 1.29 is 50.4 Å². The van der Waals surface area contributed by atoms with E-state index in [1.807, 2.05) is 10.8 Å². The molecule has 3 aliphatic heterocycles. The van der Waals surface area contributed by atoms with Gasteiger partial charge in [0.2, 0.25) is 11.8 Å². The van der Waals surface area contributed by atoms with Gasteiger partial charge in [0.1, 0.15) is 35.1 Å².